The van der Waals surface area contributed by atoms with E-state index in [1.807, 2.05) is 0 Å². The average Bonchev–Trinajstić information content (AvgIpc) is 2.92. The third-order valence-electron chi connectivity index (χ3n) is 4.61. The Kier molecular flexibility index (Phi) is 4.66. The van der Waals surface area contributed by atoms with Crippen LogP contribution in [-0.2, 0) is 0 Å². The van der Waals surface area contributed by atoms with Gasteiger partial charge >= 0.3 is 0 Å². The summed E-state index contributed by atoms with van der Waals surface area (Å²) in [7, 11) is 0. The Labute approximate surface area is 101 Å². The molecule has 0 spiro atoms. The van der Waals surface area contributed by atoms with Gasteiger partial charge < -0.3 is 5.32 Å². The van der Waals surface area contributed by atoms with Crippen molar-refractivity contribution in [2.75, 3.05) is 19.6 Å². The van der Waals surface area contributed by atoms with Gasteiger partial charge in [0.2, 0.25) is 0 Å². The molecule has 2 nitrogen and oxygen atoms in total. The van der Waals surface area contributed by atoms with Crippen LogP contribution in [0.5, 0.6) is 0 Å². The molecule has 2 rings (SSSR count). The molecule has 1 heterocycles. The first-order valence-electron chi connectivity index (χ1n) is 7.28. The Bertz CT molecular complexity index is 199. The van der Waals surface area contributed by atoms with Crippen LogP contribution in [-0.4, -0.2) is 36.6 Å². The maximum atomic E-state index is 3.82. The summed E-state index contributed by atoms with van der Waals surface area (Å²) in [4.78, 5) is 2.69. The van der Waals surface area contributed by atoms with E-state index in [0.29, 0.717) is 0 Å². The van der Waals surface area contributed by atoms with E-state index in [1.54, 1.807) is 0 Å². The van der Waals surface area contributed by atoms with Crippen molar-refractivity contribution >= 4 is 0 Å². The average molecular weight is 224 g/mol. The second-order valence-electron chi connectivity index (χ2n) is 5.73. The van der Waals surface area contributed by atoms with Crippen LogP contribution in [0.4, 0.5) is 0 Å². The molecule has 94 valence electrons. The van der Waals surface area contributed by atoms with Gasteiger partial charge in [0.1, 0.15) is 0 Å². The Hall–Kier alpha value is -0.0800. The molecule has 1 aliphatic carbocycles. The molecule has 0 aromatic rings. The van der Waals surface area contributed by atoms with Gasteiger partial charge in [-0.05, 0) is 51.1 Å². The van der Waals surface area contributed by atoms with Crippen molar-refractivity contribution in [1.82, 2.24) is 10.2 Å². The minimum atomic E-state index is 0.787. The minimum Gasteiger partial charge on any atom is -0.312 e. The van der Waals surface area contributed by atoms with Gasteiger partial charge in [-0.2, -0.15) is 0 Å². The van der Waals surface area contributed by atoms with Crippen LogP contribution in [0.25, 0.3) is 0 Å². The molecule has 2 heteroatoms. The quantitative estimate of drug-likeness (QED) is 0.772. The highest BCUT2D eigenvalue weighted by molar-refractivity contribution is 4.84. The third-order valence-corrected chi connectivity index (χ3v) is 4.61. The molecule has 2 aliphatic rings. The van der Waals surface area contributed by atoms with Crippen LogP contribution in [0.2, 0.25) is 0 Å². The molecule has 2 fully saturated rings. The number of hydrogen-bond donors (Lipinski definition) is 1. The third kappa shape index (κ3) is 2.98. The van der Waals surface area contributed by atoms with Crippen molar-refractivity contribution in [2.24, 2.45) is 5.92 Å². The fourth-order valence-corrected chi connectivity index (χ4v) is 3.37. The van der Waals surface area contributed by atoms with Crippen molar-refractivity contribution in [3.63, 3.8) is 0 Å². The molecule has 1 saturated heterocycles. The van der Waals surface area contributed by atoms with E-state index in [0.717, 1.165) is 18.0 Å². The van der Waals surface area contributed by atoms with Crippen LogP contribution >= 0.6 is 0 Å². The number of nitrogens with one attached hydrogen (secondary N) is 1. The zero-order valence-corrected chi connectivity index (χ0v) is 11.0. The maximum absolute atomic E-state index is 3.82. The van der Waals surface area contributed by atoms with Gasteiger partial charge in [-0.1, -0.05) is 20.3 Å². The van der Waals surface area contributed by atoms with E-state index < -0.39 is 0 Å². The van der Waals surface area contributed by atoms with Crippen LogP contribution in [0.1, 0.15) is 52.4 Å². The SMILES string of the molecule is CCC(CNC1CCCC1C)N1CCCC1. The van der Waals surface area contributed by atoms with Gasteiger partial charge in [-0.15, -0.1) is 0 Å². The van der Waals surface area contributed by atoms with Crippen molar-refractivity contribution in [3.8, 4) is 0 Å². The Balaban J connectivity index is 1.73. The first-order chi connectivity index (χ1) is 7.81. The molecule has 3 atom stereocenters. The summed E-state index contributed by atoms with van der Waals surface area (Å²) in [5.41, 5.74) is 0. The van der Waals surface area contributed by atoms with Gasteiger partial charge in [0.05, 0.1) is 0 Å². The fraction of sp³-hybridized carbons (Fsp3) is 1.00. The smallest absolute Gasteiger partial charge is 0.0218 e. The lowest BCUT2D eigenvalue weighted by Gasteiger charge is -2.29. The number of nitrogens with zero attached hydrogens (tertiary/aromatic N) is 1. The van der Waals surface area contributed by atoms with E-state index in [2.05, 4.69) is 24.1 Å². The Morgan fingerprint density at radius 2 is 1.94 bits per heavy atom. The molecule has 16 heavy (non-hydrogen) atoms. The van der Waals surface area contributed by atoms with Crippen molar-refractivity contribution < 1.29 is 0 Å². The van der Waals surface area contributed by atoms with Gasteiger partial charge in [-0.25, -0.2) is 0 Å². The molecule has 0 amide bonds. The van der Waals surface area contributed by atoms with E-state index in [4.69, 9.17) is 0 Å². The Morgan fingerprint density at radius 3 is 2.50 bits per heavy atom. The van der Waals surface area contributed by atoms with Crippen molar-refractivity contribution in [1.29, 1.82) is 0 Å². The monoisotopic (exact) mass is 224 g/mol. The lowest BCUT2D eigenvalue weighted by atomic mass is 10.1. The molecule has 0 bridgehead atoms. The summed E-state index contributed by atoms with van der Waals surface area (Å²) in [6, 6.07) is 1.59. The Morgan fingerprint density at radius 1 is 1.19 bits per heavy atom. The van der Waals surface area contributed by atoms with Crippen LogP contribution < -0.4 is 5.32 Å². The van der Waals surface area contributed by atoms with E-state index >= 15 is 0 Å². The largest absolute Gasteiger partial charge is 0.312 e. The predicted octanol–water partition coefficient (Wildman–Crippen LogP) is 2.64. The van der Waals surface area contributed by atoms with E-state index in [9.17, 15) is 0 Å². The van der Waals surface area contributed by atoms with Crippen molar-refractivity contribution in [3.05, 3.63) is 0 Å². The summed E-state index contributed by atoms with van der Waals surface area (Å²) in [6.07, 6.45) is 8.38. The highest BCUT2D eigenvalue weighted by Crippen LogP contribution is 2.25. The zero-order chi connectivity index (χ0) is 11.4. The maximum Gasteiger partial charge on any atom is 0.0218 e. The zero-order valence-electron chi connectivity index (χ0n) is 11.0. The molecule has 1 N–H and O–H groups in total. The highest BCUT2D eigenvalue weighted by Gasteiger charge is 2.25. The molecular weight excluding hydrogens is 196 g/mol. The summed E-state index contributed by atoms with van der Waals surface area (Å²) < 4.78 is 0. The number of hydrogen-bond acceptors (Lipinski definition) is 2. The predicted molar refractivity (Wildman–Crippen MR) is 69.7 cm³/mol. The summed E-state index contributed by atoms with van der Waals surface area (Å²) >= 11 is 0. The van der Waals surface area contributed by atoms with Crippen LogP contribution in [0, 0.1) is 5.92 Å². The van der Waals surface area contributed by atoms with E-state index in [-0.39, 0.29) is 0 Å². The number of rotatable bonds is 5. The molecule has 1 saturated carbocycles. The first kappa shape index (κ1) is 12.4. The van der Waals surface area contributed by atoms with Gasteiger partial charge in [0.15, 0.2) is 0 Å². The summed E-state index contributed by atoms with van der Waals surface area (Å²) in [6.45, 7) is 8.62. The normalized spacial score (nSPS) is 33.4. The molecule has 3 unspecified atom stereocenters. The second kappa shape index (κ2) is 6.02. The number of likely N-dealkylation sites (tertiary alicyclic amines) is 1. The van der Waals surface area contributed by atoms with Crippen LogP contribution in [0.3, 0.4) is 0 Å². The standard InChI is InChI=1S/C14H28N2/c1-3-13(16-9-4-5-10-16)11-15-14-8-6-7-12(14)2/h12-15H,3-11H2,1-2H3. The molecule has 1 aliphatic heterocycles. The van der Waals surface area contributed by atoms with Gasteiger partial charge in [0, 0.05) is 18.6 Å². The fourth-order valence-electron chi connectivity index (χ4n) is 3.37. The molecular formula is C14H28N2. The lowest BCUT2D eigenvalue weighted by molar-refractivity contribution is 0.220. The van der Waals surface area contributed by atoms with Crippen molar-refractivity contribution in [2.45, 2.75) is 64.5 Å². The minimum absolute atomic E-state index is 0.787. The summed E-state index contributed by atoms with van der Waals surface area (Å²) in [5, 5.41) is 3.82. The van der Waals surface area contributed by atoms with Gasteiger partial charge in [0.25, 0.3) is 0 Å². The highest BCUT2D eigenvalue weighted by atomic mass is 15.2. The summed E-state index contributed by atoms with van der Waals surface area (Å²) in [5.74, 6) is 0.899. The lowest BCUT2D eigenvalue weighted by Crippen LogP contribution is -2.44. The van der Waals surface area contributed by atoms with Gasteiger partial charge in [-0.3, -0.25) is 4.90 Å². The topological polar surface area (TPSA) is 15.3 Å². The van der Waals surface area contributed by atoms with E-state index in [1.165, 1.54) is 58.2 Å². The molecule has 0 radical (unpaired) electrons. The van der Waals surface area contributed by atoms with Crippen LogP contribution in [0.15, 0.2) is 0 Å². The molecule has 0 aromatic carbocycles. The first-order valence-corrected chi connectivity index (χ1v) is 7.28. The second-order valence-corrected chi connectivity index (χ2v) is 5.73. The molecule has 0 aromatic heterocycles.